The zero-order valence-corrected chi connectivity index (χ0v) is 12.8. The Morgan fingerprint density at radius 1 is 1.25 bits per heavy atom. The summed E-state index contributed by atoms with van der Waals surface area (Å²) in [6.07, 6.45) is 6.00. The second-order valence-corrected chi connectivity index (χ2v) is 4.68. The number of hydrogen-bond donors (Lipinski definition) is 0. The average Bonchev–Trinajstić information content (AvgIpc) is 2.45. The lowest BCUT2D eigenvalue weighted by molar-refractivity contribution is -0.126. The number of ketones is 1. The summed E-state index contributed by atoms with van der Waals surface area (Å²) in [5.74, 6) is 0.0238. The lowest BCUT2D eigenvalue weighted by Gasteiger charge is -2.17. The van der Waals surface area contributed by atoms with Gasteiger partial charge in [0.25, 0.3) is 0 Å². The van der Waals surface area contributed by atoms with Crippen molar-refractivity contribution < 1.29 is 9.53 Å². The summed E-state index contributed by atoms with van der Waals surface area (Å²) in [4.78, 5) is 12.7. The third-order valence-corrected chi connectivity index (χ3v) is 3.01. The van der Waals surface area contributed by atoms with Crippen LogP contribution in [0.15, 0.2) is 48.1 Å². The summed E-state index contributed by atoms with van der Waals surface area (Å²) in [5.41, 5.74) is 2.80. The van der Waals surface area contributed by atoms with E-state index in [2.05, 4.69) is 0 Å². The molecule has 0 aliphatic rings. The van der Waals surface area contributed by atoms with Crippen molar-refractivity contribution in [3.8, 4) is 0 Å². The third-order valence-electron chi connectivity index (χ3n) is 3.01. The standard InChI is InChI=1S/C18H24O2/c1-5-8-15(9-6-2)17(19)18(20-7-3)16-12-10-14(4)11-13-16/h5,8-13,18H,6-7H2,1-4H3/b8-5-,15-9+. The predicted molar refractivity (Wildman–Crippen MR) is 83.7 cm³/mol. The van der Waals surface area contributed by atoms with E-state index in [1.54, 1.807) is 0 Å². The first-order valence-electron chi connectivity index (χ1n) is 7.19. The molecule has 0 radical (unpaired) electrons. The number of Topliss-reactive ketones (excluding diaryl/α,β-unsaturated/α-hetero) is 1. The Hall–Kier alpha value is -1.67. The van der Waals surface area contributed by atoms with Crippen LogP contribution < -0.4 is 0 Å². The first-order chi connectivity index (χ1) is 9.63. The third kappa shape index (κ3) is 4.46. The van der Waals surface area contributed by atoms with E-state index in [1.165, 1.54) is 5.56 Å². The SMILES string of the molecule is C/C=C\C(=C/CC)C(=O)C(OCC)c1ccc(C)cc1. The van der Waals surface area contributed by atoms with Gasteiger partial charge in [-0.1, -0.05) is 55.0 Å². The first-order valence-corrected chi connectivity index (χ1v) is 7.19. The maximum atomic E-state index is 12.7. The normalized spacial score (nSPS) is 13.7. The van der Waals surface area contributed by atoms with Crippen LogP contribution in [0.4, 0.5) is 0 Å². The topological polar surface area (TPSA) is 26.3 Å². The van der Waals surface area contributed by atoms with Crippen molar-refractivity contribution in [1.82, 2.24) is 0 Å². The molecule has 20 heavy (non-hydrogen) atoms. The van der Waals surface area contributed by atoms with Crippen LogP contribution in [-0.4, -0.2) is 12.4 Å². The molecule has 0 saturated carbocycles. The number of aryl methyl sites for hydroxylation is 1. The number of carbonyl (C=O) groups is 1. The molecule has 0 aliphatic heterocycles. The Kier molecular flexibility index (Phi) is 6.96. The predicted octanol–water partition coefficient (Wildman–Crippen LogP) is 4.55. The lowest BCUT2D eigenvalue weighted by Crippen LogP contribution is -2.17. The highest BCUT2D eigenvalue weighted by molar-refractivity contribution is 6.01. The molecule has 1 aromatic carbocycles. The van der Waals surface area contributed by atoms with E-state index in [0.29, 0.717) is 12.2 Å². The summed E-state index contributed by atoms with van der Waals surface area (Å²) in [6, 6.07) is 7.95. The smallest absolute Gasteiger partial charge is 0.195 e. The molecule has 0 amide bonds. The van der Waals surface area contributed by atoms with E-state index in [-0.39, 0.29) is 5.78 Å². The molecule has 2 nitrogen and oxygen atoms in total. The van der Waals surface area contributed by atoms with Gasteiger partial charge in [-0.05, 0) is 32.8 Å². The van der Waals surface area contributed by atoms with Crippen molar-refractivity contribution in [2.24, 2.45) is 0 Å². The zero-order chi connectivity index (χ0) is 15.0. The van der Waals surface area contributed by atoms with E-state index in [9.17, 15) is 4.79 Å². The summed E-state index contributed by atoms with van der Waals surface area (Å²) >= 11 is 0. The highest BCUT2D eigenvalue weighted by Crippen LogP contribution is 2.23. The molecule has 0 saturated heterocycles. The van der Waals surface area contributed by atoms with Gasteiger partial charge in [-0.2, -0.15) is 0 Å². The number of hydrogen-bond acceptors (Lipinski definition) is 2. The van der Waals surface area contributed by atoms with Gasteiger partial charge in [0.05, 0.1) is 0 Å². The van der Waals surface area contributed by atoms with Gasteiger partial charge in [0.1, 0.15) is 6.10 Å². The van der Waals surface area contributed by atoms with Crippen LogP contribution >= 0.6 is 0 Å². The number of benzene rings is 1. The summed E-state index contributed by atoms with van der Waals surface area (Å²) in [6.45, 7) is 8.40. The number of carbonyl (C=O) groups excluding carboxylic acids is 1. The largest absolute Gasteiger partial charge is 0.366 e. The molecule has 1 rings (SSSR count). The molecule has 2 heteroatoms. The van der Waals surface area contributed by atoms with Crippen molar-refractivity contribution in [2.45, 2.75) is 40.2 Å². The van der Waals surface area contributed by atoms with Crippen LogP contribution in [0.5, 0.6) is 0 Å². The Morgan fingerprint density at radius 2 is 1.90 bits per heavy atom. The minimum absolute atomic E-state index is 0.0238. The van der Waals surface area contributed by atoms with E-state index >= 15 is 0 Å². The fourth-order valence-electron chi connectivity index (χ4n) is 2.03. The quantitative estimate of drug-likeness (QED) is 0.537. The van der Waals surface area contributed by atoms with E-state index in [4.69, 9.17) is 4.74 Å². The van der Waals surface area contributed by atoms with Crippen LogP contribution in [-0.2, 0) is 9.53 Å². The highest BCUT2D eigenvalue weighted by atomic mass is 16.5. The second-order valence-electron chi connectivity index (χ2n) is 4.68. The van der Waals surface area contributed by atoms with Crippen LogP contribution in [0.3, 0.4) is 0 Å². The molecule has 1 atom stereocenters. The van der Waals surface area contributed by atoms with Crippen molar-refractivity contribution in [3.63, 3.8) is 0 Å². The van der Waals surface area contributed by atoms with E-state index < -0.39 is 6.10 Å². The molecule has 0 bridgehead atoms. The number of rotatable bonds is 7. The molecular formula is C18H24O2. The molecule has 1 unspecified atom stereocenters. The molecule has 0 aliphatic carbocycles. The Labute approximate surface area is 122 Å². The van der Waals surface area contributed by atoms with Gasteiger partial charge < -0.3 is 4.74 Å². The van der Waals surface area contributed by atoms with Gasteiger partial charge in [0, 0.05) is 12.2 Å². The monoisotopic (exact) mass is 272 g/mol. The molecule has 1 aromatic rings. The molecule has 0 spiro atoms. The van der Waals surface area contributed by atoms with Gasteiger partial charge in [-0.15, -0.1) is 0 Å². The Balaban J connectivity index is 3.09. The first kappa shape index (κ1) is 16.4. The highest BCUT2D eigenvalue weighted by Gasteiger charge is 2.22. The summed E-state index contributed by atoms with van der Waals surface area (Å²) in [5, 5.41) is 0. The molecule has 0 N–H and O–H groups in total. The van der Waals surface area contributed by atoms with Gasteiger partial charge in [0.2, 0.25) is 0 Å². The Morgan fingerprint density at radius 3 is 2.40 bits per heavy atom. The Bertz CT molecular complexity index is 481. The van der Waals surface area contributed by atoms with E-state index in [0.717, 1.165) is 12.0 Å². The van der Waals surface area contributed by atoms with Gasteiger partial charge in [0.15, 0.2) is 5.78 Å². The van der Waals surface area contributed by atoms with Gasteiger partial charge in [-0.3, -0.25) is 4.79 Å². The maximum Gasteiger partial charge on any atom is 0.195 e. The van der Waals surface area contributed by atoms with Gasteiger partial charge in [-0.25, -0.2) is 0 Å². The average molecular weight is 272 g/mol. The van der Waals surface area contributed by atoms with Crippen molar-refractivity contribution in [2.75, 3.05) is 6.61 Å². The van der Waals surface area contributed by atoms with Crippen molar-refractivity contribution in [3.05, 3.63) is 59.2 Å². The maximum absolute atomic E-state index is 12.7. The molecule has 0 fully saturated rings. The van der Waals surface area contributed by atoms with Gasteiger partial charge >= 0.3 is 0 Å². The van der Waals surface area contributed by atoms with Crippen molar-refractivity contribution >= 4 is 5.78 Å². The second kappa shape index (κ2) is 8.49. The molecule has 0 aromatic heterocycles. The number of ether oxygens (including phenoxy) is 1. The minimum atomic E-state index is -0.519. The summed E-state index contributed by atoms with van der Waals surface area (Å²) in [7, 11) is 0. The zero-order valence-electron chi connectivity index (χ0n) is 12.8. The fourth-order valence-corrected chi connectivity index (χ4v) is 2.03. The van der Waals surface area contributed by atoms with E-state index in [1.807, 2.05) is 70.2 Å². The molecular weight excluding hydrogens is 248 g/mol. The molecule has 0 heterocycles. The van der Waals surface area contributed by atoms with Crippen molar-refractivity contribution in [1.29, 1.82) is 0 Å². The number of allylic oxidation sites excluding steroid dienone is 3. The molecule has 108 valence electrons. The van der Waals surface area contributed by atoms with Crippen LogP contribution in [0.25, 0.3) is 0 Å². The minimum Gasteiger partial charge on any atom is -0.366 e. The van der Waals surface area contributed by atoms with Crippen LogP contribution in [0.1, 0.15) is 44.4 Å². The van der Waals surface area contributed by atoms with Crippen LogP contribution in [0.2, 0.25) is 0 Å². The summed E-state index contributed by atoms with van der Waals surface area (Å²) < 4.78 is 5.68. The fraction of sp³-hybridized carbons (Fsp3) is 0.389. The van der Waals surface area contributed by atoms with Crippen LogP contribution in [0, 0.1) is 6.92 Å². The lowest BCUT2D eigenvalue weighted by atomic mass is 9.98.